The highest BCUT2D eigenvalue weighted by Crippen LogP contribution is 2.18. The summed E-state index contributed by atoms with van der Waals surface area (Å²) in [4.78, 5) is 0. The van der Waals surface area contributed by atoms with Gasteiger partial charge in [-0.2, -0.15) is 0 Å². The van der Waals surface area contributed by atoms with Crippen molar-refractivity contribution in [1.29, 1.82) is 0 Å². The lowest BCUT2D eigenvalue weighted by molar-refractivity contribution is 0.0471. The van der Waals surface area contributed by atoms with Crippen LogP contribution in [0, 0.1) is 5.41 Å². The Morgan fingerprint density at radius 1 is 1.27 bits per heavy atom. The third-order valence-electron chi connectivity index (χ3n) is 1.83. The molecule has 0 rings (SSSR count). The van der Waals surface area contributed by atoms with Crippen molar-refractivity contribution in [2.45, 2.75) is 53.6 Å². The minimum Gasteiger partial charge on any atom is -0.379 e. The molecule has 0 aliphatic heterocycles. The van der Waals surface area contributed by atoms with Crippen molar-refractivity contribution in [3.63, 3.8) is 0 Å². The van der Waals surface area contributed by atoms with Crippen molar-refractivity contribution < 1.29 is 4.74 Å². The third-order valence-corrected chi connectivity index (χ3v) is 1.83. The first kappa shape index (κ1) is 11.0. The summed E-state index contributed by atoms with van der Waals surface area (Å²) < 4.78 is 5.57. The monoisotopic (exact) mass is 158 g/mol. The Kier molecular flexibility index (Phi) is 4.74. The SMILES string of the molecule is CCC(C)OCCC(C)(C)C. The Morgan fingerprint density at radius 3 is 2.18 bits per heavy atom. The summed E-state index contributed by atoms with van der Waals surface area (Å²) >= 11 is 0. The van der Waals surface area contributed by atoms with Crippen LogP contribution < -0.4 is 0 Å². The van der Waals surface area contributed by atoms with E-state index in [4.69, 9.17) is 4.74 Å². The maximum Gasteiger partial charge on any atom is 0.0544 e. The molecule has 0 amide bonds. The van der Waals surface area contributed by atoms with Crippen LogP contribution in [-0.4, -0.2) is 12.7 Å². The first-order valence-electron chi connectivity index (χ1n) is 4.57. The van der Waals surface area contributed by atoms with Crippen molar-refractivity contribution >= 4 is 0 Å². The van der Waals surface area contributed by atoms with Crippen LogP contribution >= 0.6 is 0 Å². The molecule has 0 aromatic rings. The summed E-state index contributed by atoms with van der Waals surface area (Å²) in [6, 6.07) is 0. The lowest BCUT2D eigenvalue weighted by Crippen LogP contribution is -2.13. The van der Waals surface area contributed by atoms with Gasteiger partial charge in [-0.15, -0.1) is 0 Å². The predicted molar refractivity (Wildman–Crippen MR) is 49.8 cm³/mol. The molecule has 0 saturated carbocycles. The fourth-order valence-electron chi connectivity index (χ4n) is 0.684. The molecule has 0 aromatic heterocycles. The Morgan fingerprint density at radius 2 is 1.82 bits per heavy atom. The van der Waals surface area contributed by atoms with E-state index >= 15 is 0 Å². The fraction of sp³-hybridized carbons (Fsp3) is 1.00. The topological polar surface area (TPSA) is 9.23 Å². The van der Waals surface area contributed by atoms with Gasteiger partial charge in [-0.05, 0) is 25.2 Å². The minimum absolute atomic E-state index is 0.410. The number of hydrogen-bond donors (Lipinski definition) is 0. The lowest BCUT2D eigenvalue weighted by atomic mass is 9.93. The fourth-order valence-corrected chi connectivity index (χ4v) is 0.684. The Hall–Kier alpha value is -0.0400. The van der Waals surface area contributed by atoms with Gasteiger partial charge in [-0.3, -0.25) is 0 Å². The maximum absolute atomic E-state index is 5.57. The van der Waals surface area contributed by atoms with Crippen LogP contribution in [0.3, 0.4) is 0 Å². The highest BCUT2D eigenvalue weighted by atomic mass is 16.5. The molecule has 1 unspecified atom stereocenters. The maximum atomic E-state index is 5.57. The Labute approximate surface area is 71.1 Å². The van der Waals surface area contributed by atoms with Crippen LogP contribution in [0.1, 0.15) is 47.5 Å². The first-order valence-corrected chi connectivity index (χ1v) is 4.57. The van der Waals surface area contributed by atoms with E-state index < -0.39 is 0 Å². The third kappa shape index (κ3) is 7.86. The van der Waals surface area contributed by atoms with Gasteiger partial charge in [-0.25, -0.2) is 0 Å². The van der Waals surface area contributed by atoms with Crippen LogP contribution in [0.25, 0.3) is 0 Å². The van der Waals surface area contributed by atoms with Crippen LogP contribution in [0.4, 0.5) is 0 Å². The second kappa shape index (κ2) is 4.76. The Balaban J connectivity index is 3.28. The van der Waals surface area contributed by atoms with Gasteiger partial charge in [-0.1, -0.05) is 27.7 Å². The first-order chi connectivity index (χ1) is 4.95. The Bertz CT molecular complexity index is 91.5. The zero-order valence-corrected chi connectivity index (χ0v) is 8.61. The largest absolute Gasteiger partial charge is 0.379 e. The average Bonchev–Trinajstić information content (AvgIpc) is 1.85. The highest BCUT2D eigenvalue weighted by Gasteiger charge is 2.10. The number of ether oxygens (including phenoxy) is 1. The van der Waals surface area contributed by atoms with Gasteiger partial charge in [0.25, 0.3) is 0 Å². The van der Waals surface area contributed by atoms with Crippen molar-refractivity contribution in [2.75, 3.05) is 6.61 Å². The normalized spacial score (nSPS) is 15.0. The molecule has 68 valence electrons. The van der Waals surface area contributed by atoms with Crippen LogP contribution in [0.15, 0.2) is 0 Å². The molecule has 1 heteroatoms. The quantitative estimate of drug-likeness (QED) is 0.610. The molecule has 0 spiro atoms. The van der Waals surface area contributed by atoms with E-state index in [0.717, 1.165) is 19.4 Å². The van der Waals surface area contributed by atoms with Gasteiger partial charge in [0.1, 0.15) is 0 Å². The summed E-state index contributed by atoms with van der Waals surface area (Å²) in [5.74, 6) is 0. The smallest absolute Gasteiger partial charge is 0.0544 e. The molecule has 1 nitrogen and oxygen atoms in total. The molecular formula is C10H22O. The van der Waals surface area contributed by atoms with E-state index in [2.05, 4.69) is 34.6 Å². The second-order valence-corrected chi connectivity index (χ2v) is 4.40. The van der Waals surface area contributed by atoms with Gasteiger partial charge in [0.15, 0.2) is 0 Å². The zero-order chi connectivity index (χ0) is 8.91. The number of rotatable bonds is 4. The molecule has 0 aliphatic carbocycles. The second-order valence-electron chi connectivity index (χ2n) is 4.40. The molecule has 11 heavy (non-hydrogen) atoms. The minimum atomic E-state index is 0.410. The summed E-state index contributed by atoms with van der Waals surface area (Å²) in [5.41, 5.74) is 0.410. The molecule has 0 fully saturated rings. The molecule has 0 aromatic carbocycles. The van der Waals surface area contributed by atoms with E-state index in [-0.39, 0.29) is 0 Å². The molecule has 0 saturated heterocycles. The molecule has 0 heterocycles. The standard InChI is InChI=1S/C10H22O/c1-6-9(2)11-8-7-10(3,4)5/h9H,6-8H2,1-5H3. The highest BCUT2D eigenvalue weighted by molar-refractivity contribution is 4.60. The number of hydrogen-bond acceptors (Lipinski definition) is 1. The van der Waals surface area contributed by atoms with Crippen LogP contribution in [-0.2, 0) is 4.74 Å². The van der Waals surface area contributed by atoms with E-state index in [9.17, 15) is 0 Å². The lowest BCUT2D eigenvalue weighted by Gasteiger charge is -2.19. The van der Waals surface area contributed by atoms with E-state index in [1.54, 1.807) is 0 Å². The van der Waals surface area contributed by atoms with Gasteiger partial charge in [0, 0.05) is 6.61 Å². The summed E-state index contributed by atoms with van der Waals surface area (Å²) in [6.45, 7) is 11.9. The summed E-state index contributed by atoms with van der Waals surface area (Å²) in [7, 11) is 0. The van der Waals surface area contributed by atoms with Crippen molar-refractivity contribution in [3.8, 4) is 0 Å². The average molecular weight is 158 g/mol. The van der Waals surface area contributed by atoms with Crippen LogP contribution in [0.2, 0.25) is 0 Å². The molecule has 0 bridgehead atoms. The molecule has 0 N–H and O–H groups in total. The van der Waals surface area contributed by atoms with E-state index in [0.29, 0.717) is 11.5 Å². The van der Waals surface area contributed by atoms with Gasteiger partial charge in [0.05, 0.1) is 6.10 Å². The summed E-state index contributed by atoms with van der Waals surface area (Å²) in [6.07, 6.45) is 2.69. The van der Waals surface area contributed by atoms with E-state index in [1.165, 1.54) is 0 Å². The predicted octanol–water partition coefficient (Wildman–Crippen LogP) is 3.24. The molecule has 0 radical (unpaired) electrons. The zero-order valence-electron chi connectivity index (χ0n) is 8.61. The van der Waals surface area contributed by atoms with Crippen LogP contribution in [0.5, 0.6) is 0 Å². The van der Waals surface area contributed by atoms with Gasteiger partial charge < -0.3 is 4.74 Å². The van der Waals surface area contributed by atoms with Crippen molar-refractivity contribution in [3.05, 3.63) is 0 Å². The van der Waals surface area contributed by atoms with Crippen molar-refractivity contribution in [2.24, 2.45) is 5.41 Å². The molecule has 0 aliphatic rings. The van der Waals surface area contributed by atoms with Gasteiger partial charge >= 0.3 is 0 Å². The van der Waals surface area contributed by atoms with Gasteiger partial charge in [0.2, 0.25) is 0 Å². The summed E-state index contributed by atoms with van der Waals surface area (Å²) in [5, 5.41) is 0. The van der Waals surface area contributed by atoms with Crippen molar-refractivity contribution in [1.82, 2.24) is 0 Å². The van der Waals surface area contributed by atoms with E-state index in [1.807, 2.05) is 0 Å². The molecular weight excluding hydrogens is 136 g/mol. The molecule has 1 atom stereocenters.